The van der Waals surface area contributed by atoms with Crippen LogP contribution in [0.25, 0.3) is 0 Å². The molecular weight excluding hydrogens is 380 g/mol. The first-order chi connectivity index (χ1) is 13.1. The van der Waals surface area contributed by atoms with Crippen molar-refractivity contribution in [1.82, 2.24) is 9.62 Å². The second-order valence-electron chi connectivity index (χ2n) is 8.10. The molecule has 0 radical (unpaired) electrons. The average Bonchev–Trinajstić information content (AvgIpc) is 2.66. The first-order valence-electron chi connectivity index (χ1n) is 9.80. The van der Waals surface area contributed by atoms with Crippen molar-refractivity contribution in [2.24, 2.45) is 5.92 Å². The lowest BCUT2D eigenvalue weighted by atomic mass is 9.88. The summed E-state index contributed by atoms with van der Waals surface area (Å²) < 4.78 is 36.9. The van der Waals surface area contributed by atoms with Crippen molar-refractivity contribution >= 4 is 15.9 Å². The van der Waals surface area contributed by atoms with Gasteiger partial charge in [-0.25, -0.2) is 12.7 Å². The van der Waals surface area contributed by atoms with Gasteiger partial charge in [0.15, 0.2) is 0 Å². The van der Waals surface area contributed by atoms with E-state index in [1.807, 2.05) is 32.0 Å². The molecule has 0 aliphatic carbocycles. The first kappa shape index (κ1) is 20.9. The summed E-state index contributed by atoms with van der Waals surface area (Å²) >= 11 is 0. The van der Waals surface area contributed by atoms with Crippen LogP contribution in [0.3, 0.4) is 0 Å². The van der Waals surface area contributed by atoms with Gasteiger partial charge in [0.1, 0.15) is 17.1 Å². The molecule has 1 amide bonds. The van der Waals surface area contributed by atoms with Crippen LogP contribution in [0.4, 0.5) is 0 Å². The van der Waals surface area contributed by atoms with E-state index in [9.17, 15) is 13.2 Å². The van der Waals surface area contributed by atoms with Crippen molar-refractivity contribution in [3.63, 3.8) is 0 Å². The number of carbonyl (C=O) groups excluding carboxylic acids is 1. The van der Waals surface area contributed by atoms with Gasteiger partial charge in [-0.3, -0.25) is 4.79 Å². The SMILES string of the molecule is CCS(=O)(=O)N1CCC(C(=O)N[C@H]2CC(C)(C)Oc3cc(OC)ccc32)CC1. The summed E-state index contributed by atoms with van der Waals surface area (Å²) in [5.74, 6) is 1.35. The zero-order valence-electron chi connectivity index (χ0n) is 17.0. The molecule has 0 bridgehead atoms. The highest BCUT2D eigenvalue weighted by atomic mass is 32.2. The van der Waals surface area contributed by atoms with E-state index in [0.717, 1.165) is 11.3 Å². The van der Waals surface area contributed by atoms with Crippen molar-refractivity contribution in [3.8, 4) is 11.5 Å². The van der Waals surface area contributed by atoms with Gasteiger partial charge in [0.25, 0.3) is 0 Å². The number of sulfonamides is 1. The third-order valence-corrected chi connectivity index (χ3v) is 7.46. The van der Waals surface area contributed by atoms with Crippen LogP contribution < -0.4 is 14.8 Å². The number of carbonyl (C=O) groups is 1. The molecule has 0 saturated carbocycles. The Kier molecular flexibility index (Phi) is 5.91. The minimum absolute atomic E-state index is 0.0157. The van der Waals surface area contributed by atoms with Crippen molar-refractivity contribution in [2.75, 3.05) is 26.0 Å². The molecule has 2 aliphatic heterocycles. The lowest BCUT2D eigenvalue weighted by Gasteiger charge is -2.39. The third kappa shape index (κ3) is 4.43. The van der Waals surface area contributed by atoms with Crippen LogP contribution in [0.2, 0.25) is 0 Å². The Morgan fingerprint density at radius 3 is 2.61 bits per heavy atom. The summed E-state index contributed by atoms with van der Waals surface area (Å²) in [6.07, 6.45) is 1.77. The summed E-state index contributed by atoms with van der Waals surface area (Å²) in [4.78, 5) is 12.9. The van der Waals surface area contributed by atoms with Gasteiger partial charge in [0.05, 0.1) is 18.9 Å². The monoisotopic (exact) mass is 410 g/mol. The summed E-state index contributed by atoms with van der Waals surface area (Å²) in [6.45, 7) is 6.46. The van der Waals surface area contributed by atoms with E-state index in [4.69, 9.17) is 9.47 Å². The molecule has 28 heavy (non-hydrogen) atoms. The molecule has 1 saturated heterocycles. The molecule has 0 aromatic heterocycles. The van der Waals surface area contributed by atoms with Crippen molar-refractivity contribution in [2.45, 2.75) is 51.7 Å². The Balaban J connectivity index is 1.69. The molecule has 1 fully saturated rings. The fourth-order valence-corrected chi connectivity index (χ4v) is 5.09. The fourth-order valence-electron chi connectivity index (χ4n) is 3.96. The first-order valence-corrected chi connectivity index (χ1v) is 11.4. The number of ether oxygens (including phenoxy) is 2. The number of piperidine rings is 1. The average molecular weight is 411 g/mol. The van der Waals surface area contributed by atoms with Gasteiger partial charge in [-0.15, -0.1) is 0 Å². The topological polar surface area (TPSA) is 84.9 Å². The fraction of sp³-hybridized carbons (Fsp3) is 0.650. The Labute approximate surface area is 167 Å². The highest BCUT2D eigenvalue weighted by Crippen LogP contribution is 2.41. The van der Waals surface area contributed by atoms with E-state index >= 15 is 0 Å². The van der Waals surface area contributed by atoms with Gasteiger partial charge >= 0.3 is 0 Å². The summed E-state index contributed by atoms with van der Waals surface area (Å²) in [6, 6.07) is 5.51. The number of fused-ring (bicyclic) bond motifs is 1. The normalized spacial score (nSPS) is 22.8. The summed E-state index contributed by atoms with van der Waals surface area (Å²) in [7, 11) is -1.58. The molecule has 156 valence electrons. The van der Waals surface area contributed by atoms with Gasteiger partial charge in [-0.05, 0) is 45.7 Å². The van der Waals surface area contributed by atoms with Crippen LogP contribution >= 0.6 is 0 Å². The molecule has 8 heteroatoms. The highest BCUT2D eigenvalue weighted by Gasteiger charge is 2.37. The van der Waals surface area contributed by atoms with Crippen molar-refractivity contribution in [1.29, 1.82) is 0 Å². The number of hydrogen-bond acceptors (Lipinski definition) is 5. The maximum absolute atomic E-state index is 12.9. The predicted molar refractivity (Wildman–Crippen MR) is 107 cm³/mol. The van der Waals surface area contributed by atoms with Gasteiger partial charge in [0, 0.05) is 37.1 Å². The van der Waals surface area contributed by atoms with Crippen LogP contribution in [-0.4, -0.2) is 50.2 Å². The molecule has 0 spiro atoms. The van der Waals surface area contributed by atoms with Gasteiger partial charge in [-0.2, -0.15) is 0 Å². The summed E-state index contributed by atoms with van der Waals surface area (Å²) in [5, 5.41) is 3.18. The Morgan fingerprint density at radius 1 is 1.32 bits per heavy atom. The number of benzene rings is 1. The van der Waals surface area contributed by atoms with E-state index in [1.54, 1.807) is 14.0 Å². The Morgan fingerprint density at radius 2 is 2.00 bits per heavy atom. The van der Waals surface area contributed by atoms with E-state index in [2.05, 4.69) is 5.32 Å². The molecule has 1 N–H and O–H groups in total. The summed E-state index contributed by atoms with van der Waals surface area (Å²) in [5.41, 5.74) is 0.537. The van der Waals surface area contributed by atoms with E-state index < -0.39 is 15.6 Å². The molecule has 2 aliphatic rings. The molecule has 7 nitrogen and oxygen atoms in total. The van der Waals surface area contributed by atoms with E-state index in [1.165, 1.54) is 4.31 Å². The standard InChI is InChI=1S/C20H30N2O5S/c1-5-28(24,25)22-10-8-14(9-11-22)19(23)21-17-13-20(2,3)27-18-12-15(26-4)6-7-16(17)18/h6-7,12,14,17H,5,8-11,13H2,1-4H3,(H,21,23)/t17-/m0/s1. The number of nitrogens with one attached hydrogen (secondary N) is 1. The van der Waals surface area contributed by atoms with Crippen LogP contribution in [0.1, 0.15) is 51.6 Å². The zero-order valence-corrected chi connectivity index (χ0v) is 17.8. The van der Waals surface area contributed by atoms with Crippen LogP contribution in [-0.2, 0) is 14.8 Å². The Bertz CT molecular complexity index is 829. The van der Waals surface area contributed by atoms with Crippen LogP contribution in [0.5, 0.6) is 11.5 Å². The molecule has 0 unspecified atom stereocenters. The number of methoxy groups -OCH3 is 1. The number of hydrogen-bond donors (Lipinski definition) is 1. The molecule has 1 atom stereocenters. The van der Waals surface area contributed by atoms with Gasteiger partial charge in [-0.1, -0.05) is 0 Å². The quantitative estimate of drug-likeness (QED) is 0.806. The second-order valence-corrected chi connectivity index (χ2v) is 10.4. The number of amides is 1. The minimum atomic E-state index is -3.19. The van der Waals surface area contributed by atoms with Gasteiger partial charge < -0.3 is 14.8 Å². The van der Waals surface area contributed by atoms with E-state index in [-0.39, 0.29) is 23.6 Å². The molecular formula is C20H30N2O5S. The minimum Gasteiger partial charge on any atom is -0.497 e. The van der Waals surface area contributed by atoms with Crippen molar-refractivity contribution in [3.05, 3.63) is 23.8 Å². The van der Waals surface area contributed by atoms with Crippen LogP contribution in [0.15, 0.2) is 18.2 Å². The molecule has 3 rings (SSSR count). The maximum Gasteiger partial charge on any atom is 0.223 e. The maximum atomic E-state index is 12.9. The molecule has 1 aromatic rings. The number of nitrogens with zero attached hydrogens (tertiary/aromatic N) is 1. The number of rotatable bonds is 5. The lowest BCUT2D eigenvalue weighted by molar-refractivity contribution is -0.127. The Hall–Kier alpha value is -1.80. The van der Waals surface area contributed by atoms with Crippen LogP contribution in [0, 0.1) is 5.92 Å². The lowest BCUT2D eigenvalue weighted by Crippen LogP contribution is -2.46. The molecule has 2 heterocycles. The van der Waals surface area contributed by atoms with Gasteiger partial charge in [0.2, 0.25) is 15.9 Å². The van der Waals surface area contributed by atoms with Crippen molar-refractivity contribution < 1.29 is 22.7 Å². The highest BCUT2D eigenvalue weighted by molar-refractivity contribution is 7.89. The zero-order chi connectivity index (χ0) is 20.5. The molecule has 1 aromatic carbocycles. The third-order valence-electron chi connectivity index (χ3n) is 5.58. The smallest absolute Gasteiger partial charge is 0.223 e. The largest absolute Gasteiger partial charge is 0.497 e. The van der Waals surface area contributed by atoms with E-state index in [0.29, 0.717) is 38.1 Å². The predicted octanol–water partition coefficient (Wildman–Crippen LogP) is 2.48. The second kappa shape index (κ2) is 7.91.